The molecular weight excluding hydrogens is 443 g/mol. The second kappa shape index (κ2) is 8.77. The van der Waals surface area contributed by atoms with Crippen LogP contribution in [0.5, 0.6) is 0 Å². The predicted octanol–water partition coefficient (Wildman–Crippen LogP) is 2.33. The molecule has 1 fully saturated rings. The number of carbonyl (C=O) groups is 1. The second-order valence-corrected chi connectivity index (χ2v) is 11.0. The number of amides is 2. The maximum atomic E-state index is 12.8. The minimum absolute atomic E-state index is 0.00716. The van der Waals surface area contributed by atoms with Crippen LogP contribution in [0.25, 0.3) is 0 Å². The van der Waals surface area contributed by atoms with Gasteiger partial charge in [-0.05, 0) is 98.3 Å². The van der Waals surface area contributed by atoms with E-state index in [1.54, 1.807) is 10.9 Å². The summed E-state index contributed by atoms with van der Waals surface area (Å²) >= 11 is 0. The van der Waals surface area contributed by atoms with E-state index < -0.39 is 23.2 Å². The zero-order valence-corrected chi connectivity index (χ0v) is 19.3. The molecule has 3 aliphatic rings. The normalized spacial score (nSPS) is 22.0. The van der Waals surface area contributed by atoms with E-state index in [1.807, 2.05) is 0 Å². The van der Waals surface area contributed by atoms with Gasteiger partial charge in [-0.25, -0.2) is 9.52 Å². The van der Waals surface area contributed by atoms with E-state index in [4.69, 9.17) is 0 Å². The summed E-state index contributed by atoms with van der Waals surface area (Å²) in [4.78, 5) is 12.7. The fraction of sp³-hybridized carbons (Fsp3) is 0.545. The van der Waals surface area contributed by atoms with Gasteiger partial charge < -0.3 is 15.4 Å². The average Bonchev–Trinajstić information content (AvgIpc) is 3.53. The molecule has 33 heavy (non-hydrogen) atoms. The number of rotatable bonds is 5. The Bertz CT molecular complexity index is 1140. The van der Waals surface area contributed by atoms with Gasteiger partial charge in [0.05, 0.1) is 6.04 Å². The van der Waals surface area contributed by atoms with Crippen molar-refractivity contribution in [1.29, 1.82) is 0 Å². The molecule has 2 aromatic rings. The molecule has 1 saturated carbocycles. The van der Waals surface area contributed by atoms with Gasteiger partial charge in [0.25, 0.3) is 10.0 Å². The summed E-state index contributed by atoms with van der Waals surface area (Å²) in [6.45, 7) is 0. The highest BCUT2D eigenvalue weighted by molar-refractivity contribution is 7.90. The number of fused-ring (bicyclic) bond motifs is 2. The van der Waals surface area contributed by atoms with Gasteiger partial charge in [0, 0.05) is 11.9 Å². The zero-order chi connectivity index (χ0) is 23.2. The van der Waals surface area contributed by atoms with Gasteiger partial charge in [-0.15, -0.1) is 0 Å². The van der Waals surface area contributed by atoms with Crippen LogP contribution in [0.2, 0.25) is 5.82 Å². The quantitative estimate of drug-likeness (QED) is 0.494. The third kappa shape index (κ3) is 4.41. The minimum atomic E-state index is -4.12. The van der Waals surface area contributed by atoms with Crippen LogP contribution in [0.1, 0.15) is 66.8 Å². The van der Waals surface area contributed by atoms with Gasteiger partial charge in [0.2, 0.25) is 0 Å². The third-order valence-corrected chi connectivity index (χ3v) is 8.56. The Morgan fingerprint density at radius 1 is 1.03 bits per heavy atom. The molecule has 9 nitrogen and oxygen atoms in total. The summed E-state index contributed by atoms with van der Waals surface area (Å²) in [7, 11) is -5.45. The monoisotopic (exact) mass is 472 g/mol. The molecule has 0 bridgehead atoms. The van der Waals surface area contributed by atoms with E-state index in [2.05, 4.69) is 21.2 Å². The van der Waals surface area contributed by atoms with Crippen LogP contribution in [0, 0.1) is 0 Å². The molecule has 1 aromatic carbocycles. The number of sulfonamides is 1. The van der Waals surface area contributed by atoms with E-state index in [0.29, 0.717) is 25.7 Å². The van der Waals surface area contributed by atoms with Crippen molar-refractivity contribution in [2.24, 2.45) is 0 Å². The molecule has 0 atom stereocenters. The van der Waals surface area contributed by atoms with E-state index in [9.17, 15) is 23.3 Å². The summed E-state index contributed by atoms with van der Waals surface area (Å²) in [5.74, 6) is -0.161. The van der Waals surface area contributed by atoms with Crippen LogP contribution in [-0.2, 0) is 35.7 Å². The second-order valence-electron chi connectivity index (χ2n) is 9.41. The molecule has 4 N–H and O–H groups in total. The number of aromatic nitrogens is 2. The van der Waals surface area contributed by atoms with Crippen molar-refractivity contribution in [2.45, 2.75) is 81.1 Å². The van der Waals surface area contributed by atoms with Gasteiger partial charge >= 0.3 is 13.1 Å². The molecule has 3 aliphatic carbocycles. The van der Waals surface area contributed by atoms with Crippen molar-refractivity contribution in [1.82, 2.24) is 14.5 Å². The number of anilines is 1. The van der Waals surface area contributed by atoms with Crippen LogP contribution in [0.15, 0.2) is 23.4 Å². The van der Waals surface area contributed by atoms with Crippen molar-refractivity contribution >= 4 is 28.9 Å². The molecule has 1 heterocycles. The molecule has 1 aromatic heterocycles. The molecule has 11 heteroatoms. The SMILES string of the molecule is O=C(Nc1c2c(cc3c1CCC3)CCC2)NS(=O)(=O)c1ccn([C@H]2CC[C@@H](B(O)O)CC2)n1. The van der Waals surface area contributed by atoms with Crippen LogP contribution < -0.4 is 10.0 Å². The number of aryl methyl sites for hydroxylation is 2. The van der Waals surface area contributed by atoms with Crippen LogP contribution in [0.3, 0.4) is 0 Å². The first kappa shape index (κ1) is 22.4. The summed E-state index contributed by atoms with van der Waals surface area (Å²) < 4.78 is 29.4. The fourth-order valence-corrected chi connectivity index (χ4v) is 6.45. The highest BCUT2D eigenvalue weighted by atomic mass is 32.2. The number of hydrogen-bond donors (Lipinski definition) is 4. The number of urea groups is 1. The van der Waals surface area contributed by atoms with Gasteiger partial charge in [-0.1, -0.05) is 6.07 Å². The molecule has 0 aliphatic heterocycles. The highest BCUT2D eigenvalue weighted by Crippen LogP contribution is 2.39. The fourth-order valence-electron chi connectivity index (χ4n) is 5.61. The topological polar surface area (TPSA) is 134 Å². The van der Waals surface area contributed by atoms with E-state index in [-0.39, 0.29) is 16.9 Å². The van der Waals surface area contributed by atoms with Crippen molar-refractivity contribution < 1.29 is 23.3 Å². The van der Waals surface area contributed by atoms with Crippen LogP contribution in [0.4, 0.5) is 10.5 Å². The zero-order valence-electron chi connectivity index (χ0n) is 18.5. The summed E-state index contributed by atoms with van der Waals surface area (Å²) in [5, 5.41) is 25.5. The Labute approximate surface area is 193 Å². The van der Waals surface area contributed by atoms with Crippen LogP contribution in [-0.4, -0.2) is 41.4 Å². The van der Waals surface area contributed by atoms with Crippen molar-refractivity contribution in [3.05, 3.63) is 40.6 Å². The maximum absolute atomic E-state index is 12.8. The van der Waals surface area contributed by atoms with Crippen molar-refractivity contribution in [3.63, 3.8) is 0 Å². The van der Waals surface area contributed by atoms with E-state index >= 15 is 0 Å². The number of nitrogens with one attached hydrogen (secondary N) is 2. The summed E-state index contributed by atoms with van der Waals surface area (Å²) in [6, 6.07) is 2.87. The number of nitrogens with zero attached hydrogens (tertiary/aromatic N) is 2. The van der Waals surface area contributed by atoms with Gasteiger partial charge in [-0.2, -0.15) is 13.5 Å². The van der Waals surface area contributed by atoms with Crippen molar-refractivity contribution in [3.8, 4) is 0 Å². The first-order chi connectivity index (χ1) is 15.8. The smallest absolute Gasteiger partial charge is 0.427 e. The number of carbonyl (C=O) groups excluding carboxylic acids is 1. The minimum Gasteiger partial charge on any atom is -0.427 e. The van der Waals surface area contributed by atoms with Crippen LogP contribution >= 0.6 is 0 Å². The molecule has 2 amide bonds. The number of benzene rings is 1. The Hall–Kier alpha value is -2.37. The predicted molar refractivity (Wildman–Crippen MR) is 124 cm³/mol. The molecule has 0 saturated heterocycles. The van der Waals surface area contributed by atoms with Crippen molar-refractivity contribution in [2.75, 3.05) is 5.32 Å². The van der Waals surface area contributed by atoms with E-state index in [1.165, 1.54) is 17.2 Å². The lowest BCUT2D eigenvalue weighted by molar-refractivity contribution is 0.256. The molecule has 0 radical (unpaired) electrons. The van der Waals surface area contributed by atoms with Gasteiger partial charge in [0.1, 0.15) is 0 Å². The molecule has 0 unspecified atom stereocenters. The maximum Gasteiger partial charge on any atom is 0.454 e. The molecular formula is C22H29BN4O5S. The Morgan fingerprint density at radius 2 is 1.67 bits per heavy atom. The summed E-state index contributed by atoms with van der Waals surface area (Å²) in [6.07, 6.45) is 10.1. The highest BCUT2D eigenvalue weighted by Gasteiger charge is 2.31. The lowest BCUT2D eigenvalue weighted by Crippen LogP contribution is -2.35. The largest absolute Gasteiger partial charge is 0.454 e. The Morgan fingerprint density at radius 3 is 2.27 bits per heavy atom. The average molecular weight is 472 g/mol. The Kier molecular flexibility index (Phi) is 5.96. The van der Waals surface area contributed by atoms with E-state index in [0.717, 1.165) is 55.3 Å². The standard InChI is InChI=1S/C22H29BN4O5S/c28-22(24-21-18-5-1-3-14(18)13-15-4-2-6-19(15)21)26-33(31,32)20-11-12-27(25-20)17-9-7-16(8-10-17)23(29)30/h11-13,16-17,29-30H,1-10H2,(H2,24,26,28)/t16-,17+. The third-order valence-electron chi connectivity index (χ3n) is 7.33. The molecule has 5 rings (SSSR count). The molecule has 176 valence electrons. The van der Waals surface area contributed by atoms with Gasteiger partial charge in [-0.3, -0.25) is 4.68 Å². The Balaban J connectivity index is 1.28. The lowest BCUT2D eigenvalue weighted by atomic mass is 9.64. The van der Waals surface area contributed by atoms with Gasteiger partial charge in [0.15, 0.2) is 5.03 Å². The lowest BCUT2D eigenvalue weighted by Gasteiger charge is -2.28. The first-order valence-corrected chi connectivity index (χ1v) is 13.2. The first-order valence-electron chi connectivity index (χ1n) is 11.7. The molecule has 0 spiro atoms. The number of hydrogen-bond acceptors (Lipinski definition) is 6. The summed E-state index contributed by atoms with van der Waals surface area (Å²) in [5.41, 5.74) is 5.58.